The maximum absolute atomic E-state index is 11.6. The van der Waals surface area contributed by atoms with Gasteiger partial charge in [0.2, 0.25) is 0 Å². The van der Waals surface area contributed by atoms with Crippen LogP contribution < -0.4 is 11.2 Å². The van der Waals surface area contributed by atoms with E-state index in [-0.39, 0.29) is 5.91 Å². The van der Waals surface area contributed by atoms with Gasteiger partial charge in [-0.3, -0.25) is 10.2 Å². The Morgan fingerprint density at radius 2 is 2.00 bits per heavy atom. The summed E-state index contributed by atoms with van der Waals surface area (Å²) in [7, 11) is 3.52. The van der Waals surface area contributed by atoms with Gasteiger partial charge in [0, 0.05) is 19.0 Å². The Morgan fingerprint density at radius 3 is 2.47 bits per heavy atom. The van der Waals surface area contributed by atoms with E-state index < -0.39 is 6.04 Å². The lowest BCUT2D eigenvalue weighted by Gasteiger charge is -2.16. The van der Waals surface area contributed by atoms with Gasteiger partial charge in [-0.05, 0) is 30.4 Å². The molecule has 3 N–H and O–H groups in total. The lowest BCUT2D eigenvalue weighted by Crippen LogP contribution is -2.47. The van der Waals surface area contributed by atoms with E-state index >= 15 is 0 Å². The second-order valence-corrected chi connectivity index (χ2v) is 4.91. The molecule has 0 aliphatic heterocycles. The quantitative estimate of drug-likeness (QED) is 0.604. The van der Waals surface area contributed by atoms with Crippen molar-refractivity contribution in [3.63, 3.8) is 0 Å². The molecule has 4 nitrogen and oxygen atoms in total. The van der Waals surface area contributed by atoms with Crippen LogP contribution in [0.2, 0.25) is 0 Å². The molecule has 0 bridgehead atoms. The van der Waals surface area contributed by atoms with Gasteiger partial charge in [0.1, 0.15) is 0 Å². The molecule has 1 atom stereocenters. The van der Waals surface area contributed by atoms with E-state index in [4.69, 9.17) is 5.73 Å². The maximum atomic E-state index is 11.6. The first-order valence-corrected chi connectivity index (χ1v) is 6.61. The van der Waals surface area contributed by atoms with Crippen molar-refractivity contribution in [2.24, 2.45) is 5.73 Å². The summed E-state index contributed by atoms with van der Waals surface area (Å²) in [5, 5.41) is 1.60. The zero-order chi connectivity index (χ0) is 12.8. The molecule has 0 radical (unpaired) electrons. The minimum Gasteiger partial charge on any atom is -0.320 e. The molecule has 5 heteroatoms. The normalized spacial score (nSPS) is 12.5. The Labute approximate surface area is 107 Å². The predicted octanol–water partition coefficient (Wildman–Crippen LogP) is 0.871. The number of benzene rings is 1. The number of hydrogen-bond acceptors (Lipinski definition) is 4. The van der Waals surface area contributed by atoms with Crippen LogP contribution in [-0.4, -0.2) is 37.3 Å². The average Bonchev–Trinajstić information content (AvgIpc) is 2.29. The number of nitrogens with zero attached hydrogens (tertiary/aromatic N) is 1. The third-order valence-electron chi connectivity index (χ3n) is 2.29. The third kappa shape index (κ3) is 4.77. The molecule has 1 unspecified atom stereocenters. The van der Waals surface area contributed by atoms with Crippen LogP contribution in [0.4, 0.5) is 0 Å². The van der Waals surface area contributed by atoms with Crippen molar-refractivity contribution in [3.05, 3.63) is 29.8 Å². The van der Waals surface area contributed by atoms with E-state index in [2.05, 4.69) is 5.43 Å². The number of thioether (sulfide) groups is 1. The van der Waals surface area contributed by atoms with Gasteiger partial charge in [0.15, 0.2) is 0 Å². The van der Waals surface area contributed by atoms with Crippen LogP contribution >= 0.6 is 11.8 Å². The highest BCUT2D eigenvalue weighted by atomic mass is 32.2. The van der Waals surface area contributed by atoms with Gasteiger partial charge in [0.25, 0.3) is 5.91 Å². The summed E-state index contributed by atoms with van der Waals surface area (Å²) >= 11 is 1.69. The van der Waals surface area contributed by atoms with Gasteiger partial charge >= 0.3 is 0 Å². The fraction of sp³-hybridized carbons (Fsp3) is 0.417. The molecule has 1 amide bonds. The summed E-state index contributed by atoms with van der Waals surface area (Å²) in [6.45, 7) is 0. The molecule has 1 rings (SSSR count). The number of hydrazine groups is 1. The highest BCUT2D eigenvalue weighted by Crippen LogP contribution is 2.15. The number of carbonyl (C=O) groups is 1. The zero-order valence-corrected chi connectivity index (χ0v) is 11.3. The molecule has 0 spiro atoms. The Balaban J connectivity index is 2.55. The molecule has 0 saturated heterocycles. The second kappa shape index (κ2) is 6.64. The van der Waals surface area contributed by atoms with Crippen LogP contribution in [0.25, 0.3) is 0 Å². The van der Waals surface area contributed by atoms with Crippen molar-refractivity contribution in [1.82, 2.24) is 10.4 Å². The monoisotopic (exact) mass is 253 g/mol. The SMILES string of the molecule is CSc1ccc(CC(N)C(=O)NN(C)C)cc1. The number of rotatable bonds is 5. The summed E-state index contributed by atoms with van der Waals surface area (Å²) in [5.41, 5.74) is 9.55. The molecule has 17 heavy (non-hydrogen) atoms. The lowest BCUT2D eigenvalue weighted by molar-refractivity contribution is -0.126. The Bertz CT molecular complexity index is 365. The molecule has 1 aromatic rings. The Hall–Kier alpha value is -1.04. The van der Waals surface area contributed by atoms with E-state index in [0.29, 0.717) is 6.42 Å². The van der Waals surface area contributed by atoms with Crippen LogP contribution in [0.3, 0.4) is 0 Å². The smallest absolute Gasteiger partial charge is 0.251 e. The number of nitrogens with one attached hydrogen (secondary N) is 1. The highest BCUT2D eigenvalue weighted by molar-refractivity contribution is 7.98. The molecular formula is C12H19N3OS. The second-order valence-electron chi connectivity index (χ2n) is 4.03. The summed E-state index contributed by atoms with van der Waals surface area (Å²) in [6, 6.07) is 7.58. The molecule has 0 aliphatic carbocycles. The number of hydrogen-bond donors (Lipinski definition) is 2. The minimum atomic E-state index is -0.516. The van der Waals surface area contributed by atoms with Crippen molar-refractivity contribution in [2.75, 3.05) is 20.4 Å². The molecular weight excluding hydrogens is 234 g/mol. The molecule has 0 aromatic heterocycles. The summed E-state index contributed by atoms with van der Waals surface area (Å²) < 4.78 is 0. The van der Waals surface area contributed by atoms with E-state index in [1.807, 2.05) is 30.5 Å². The average molecular weight is 253 g/mol. The molecule has 0 saturated carbocycles. The molecule has 94 valence electrons. The van der Waals surface area contributed by atoms with E-state index in [0.717, 1.165) is 5.56 Å². The van der Waals surface area contributed by atoms with E-state index in [1.165, 1.54) is 4.90 Å². The fourth-order valence-electron chi connectivity index (χ4n) is 1.41. The zero-order valence-electron chi connectivity index (χ0n) is 10.4. The number of nitrogens with two attached hydrogens (primary N) is 1. The number of amides is 1. The Morgan fingerprint density at radius 1 is 1.41 bits per heavy atom. The van der Waals surface area contributed by atoms with E-state index in [9.17, 15) is 4.79 Å². The van der Waals surface area contributed by atoms with Gasteiger partial charge in [-0.1, -0.05) is 12.1 Å². The molecule has 0 heterocycles. The fourth-order valence-corrected chi connectivity index (χ4v) is 1.82. The Kier molecular flexibility index (Phi) is 5.47. The van der Waals surface area contributed by atoms with Crippen LogP contribution in [0.5, 0.6) is 0 Å². The molecule has 1 aromatic carbocycles. The van der Waals surface area contributed by atoms with Crippen molar-refractivity contribution < 1.29 is 4.79 Å². The highest BCUT2D eigenvalue weighted by Gasteiger charge is 2.14. The van der Waals surface area contributed by atoms with Crippen LogP contribution in [0, 0.1) is 0 Å². The summed E-state index contributed by atoms with van der Waals surface area (Å²) in [6.07, 6.45) is 2.58. The minimum absolute atomic E-state index is 0.163. The van der Waals surface area contributed by atoms with Gasteiger partial charge < -0.3 is 5.73 Å². The standard InChI is InChI=1S/C12H19N3OS/c1-15(2)14-12(16)11(13)8-9-4-6-10(17-3)7-5-9/h4-7,11H,8,13H2,1-3H3,(H,14,16). The topological polar surface area (TPSA) is 58.4 Å². The first-order chi connectivity index (χ1) is 8.02. The predicted molar refractivity (Wildman–Crippen MR) is 71.7 cm³/mol. The van der Waals surface area contributed by atoms with Crippen molar-refractivity contribution in [1.29, 1.82) is 0 Å². The van der Waals surface area contributed by atoms with Crippen molar-refractivity contribution in [3.8, 4) is 0 Å². The lowest BCUT2D eigenvalue weighted by atomic mass is 10.1. The molecule has 0 fully saturated rings. The number of carbonyl (C=O) groups excluding carboxylic acids is 1. The van der Waals surface area contributed by atoms with Gasteiger partial charge in [-0.25, -0.2) is 5.01 Å². The van der Waals surface area contributed by atoms with Crippen molar-refractivity contribution in [2.45, 2.75) is 17.4 Å². The van der Waals surface area contributed by atoms with Gasteiger partial charge in [-0.2, -0.15) is 0 Å². The van der Waals surface area contributed by atoms with Crippen LogP contribution in [0.1, 0.15) is 5.56 Å². The summed E-state index contributed by atoms with van der Waals surface area (Å²) in [4.78, 5) is 12.8. The van der Waals surface area contributed by atoms with Gasteiger partial charge in [0.05, 0.1) is 6.04 Å². The van der Waals surface area contributed by atoms with E-state index in [1.54, 1.807) is 30.9 Å². The van der Waals surface area contributed by atoms with Crippen LogP contribution in [-0.2, 0) is 11.2 Å². The van der Waals surface area contributed by atoms with Crippen LogP contribution in [0.15, 0.2) is 29.2 Å². The third-order valence-corrected chi connectivity index (χ3v) is 3.03. The summed E-state index contributed by atoms with van der Waals surface area (Å²) in [5.74, 6) is -0.163. The first-order valence-electron chi connectivity index (χ1n) is 5.39. The maximum Gasteiger partial charge on any atom is 0.251 e. The van der Waals surface area contributed by atoms with Gasteiger partial charge in [-0.15, -0.1) is 11.8 Å². The van der Waals surface area contributed by atoms with Crippen molar-refractivity contribution >= 4 is 17.7 Å². The molecule has 0 aliphatic rings. The largest absolute Gasteiger partial charge is 0.320 e. The first kappa shape index (κ1) is 14.0.